The van der Waals surface area contributed by atoms with Crippen molar-refractivity contribution in [3.63, 3.8) is 0 Å². The zero-order valence-electron chi connectivity index (χ0n) is 14.2. The normalized spacial score (nSPS) is 20.2. The molecule has 9 heteroatoms. The second kappa shape index (κ2) is 7.73. The Morgan fingerprint density at radius 1 is 1.44 bits per heavy atom. The van der Waals surface area contributed by atoms with E-state index in [0.29, 0.717) is 17.1 Å². The van der Waals surface area contributed by atoms with Gasteiger partial charge >= 0.3 is 5.97 Å². The number of aliphatic carboxylic acids is 1. The van der Waals surface area contributed by atoms with Crippen LogP contribution in [0.25, 0.3) is 0 Å². The van der Waals surface area contributed by atoms with Crippen molar-refractivity contribution in [2.75, 3.05) is 26.5 Å². The minimum Gasteiger partial charge on any atom is -0.495 e. The van der Waals surface area contributed by atoms with Crippen LogP contribution in [0, 0.1) is 22.0 Å². The minimum absolute atomic E-state index is 0.00359. The van der Waals surface area contributed by atoms with Gasteiger partial charge in [-0.15, -0.1) is 11.8 Å². The molecule has 25 heavy (non-hydrogen) atoms. The van der Waals surface area contributed by atoms with Crippen LogP contribution in [0.1, 0.15) is 23.7 Å². The van der Waals surface area contributed by atoms with E-state index in [1.54, 1.807) is 13.2 Å². The zero-order valence-corrected chi connectivity index (χ0v) is 15.0. The second-order valence-corrected chi connectivity index (χ2v) is 6.79. The molecule has 0 bridgehead atoms. The zero-order chi connectivity index (χ0) is 18.7. The number of methoxy groups -OCH3 is 1. The Bertz CT molecular complexity index is 708. The van der Waals surface area contributed by atoms with Crippen molar-refractivity contribution in [2.24, 2.45) is 11.8 Å². The molecule has 1 aliphatic heterocycles. The smallest absolute Gasteiger partial charge is 0.306 e. The fourth-order valence-electron chi connectivity index (χ4n) is 3.06. The molecule has 2 atom stereocenters. The monoisotopic (exact) mass is 368 g/mol. The highest BCUT2D eigenvalue weighted by Gasteiger charge is 2.35. The molecule has 136 valence electrons. The van der Waals surface area contributed by atoms with Gasteiger partial charge in [0.2, 0.25) is 0 Å². The highest BCUT2D eigenvalue weighted by Crippen LogP contribution is 2.35. The molecule has 8 nitrogen and oxygen atoms in total. The predicted octanol–water partition coefficient (Wildman–Crippen LogP) is 2.51. The van der Waals surface area contributed by atoms with Gasteiger partial charge in [0.05, 0.1) is 28.9 Å². The largest absolute Gasteiger partial charge is 0.495 e. The summed E-state index contributed by atoms with van der Waals surface area (Å²) in [5, 5.41) is 20.6. The Balaban J connectivity index is 2.35. The molecule has 2 unspecified atom stereocenters. The summed E-state index contributed by atoms with van der Waals surface area (Å²) in [6.07, 6.45) is 2.12. The van der Waals surface area contributed by atoms with Crippen molar-refractivity contribution in [3.8, 4) is 5.75 Å². The molecule has 0 aromatic heterocycles. The molecule has 1 fully saturated rings. The summed E-state index contributed by atoms with van der Waals surface area (Å²) in [5.41, 5.74) is -0.316. The van der Waals surface area contributed by atoms with E-state index in [1.807, 2.05) is 0 Å². The first-order valence-electron chi connectivity index (χ1n) is 7.72. The Kier molecular flexibility index (Phi) is 5.89. The number of nitro groups is 1. The number of carbonyl (C=O) groups is 2. The lowest BCUT2D eigenvalue weighted by atomic mass is 9.86. The number of rotatable bonds is 5. The molecule has 1 N–H and O–H groups in total. The topological polar surface area (TPSA) is 110 Å². The molecule has 1 aromatic rings. The molecule has 2 rings (SSSR count). The van der Waals surface area contributed by atoms with Gasteiger partial charge in [0.25, 0.3) is 11.6 Å². The lowest BCUT2D eigenvalue weighted by molar-refractivity contribution is -0.385. The summed E-state index contributed by atoms with van der Waals surface area (Å²) >= 11 is 1.33. The third-order valence-electron chi connectivity index (χ3n) is 4.44. The van der Waals surface area contributed by atoms with Gasteiger partial charge < -0.3 is 14.7 Å². The molecule has 0 aliphatic carbocycles. The number of ether oxygens (including phenoxy) is 1. The van der Waals surface area contributed by atoms with E-state index in [4.69, 9.17) is 4.74 Å². The number of piperidine rings is 1. The first-order chi connectivity index (χ1) is 11.8. The fraction of sp³-hybridized carbons (Fsp3) is 0.500. The quantitative estimate of drug-likeness (QED) is 0.483. The molecule has 1 heterocycles. The number of carbonyl (C=O) groups excluding carboxylic acids is 1. The molecular weight excluding hydrogens is 348 g/mol. The fourth-order valence-corrected chi connectivity index (χ4v) is 3.64. The lowest BCUT2D eigenvalue weighted by Gasteiger charge is -2.35. The highest BCUT2D eigenvalue weighted by atomic mass is 32.2. The van der Waals surface area contributed by atoms with Crippen LogP contribution in [0.2, 0.25) is 0 Å². The lowest BCUT2D eigenvalue weighted by Crippen LogP contribution is -2.45. The van der Waals surface area contributed by atoms with Crippen LogP contribution in [0.5, 0.6) is 5.75 Å². The molecule has 0 radical (unpaired) electrons. The maximum absolute atomic E-state index is 12.8. The standard InChI is InChI=1S/C16H20N2O6S/c1-9-8-17(5-4-10(9)16(20)21)15(19)11-6-14(25-3)13(24-2)7-12(11)18(22)23/h6-7,9-10H,4-5,8H2,1-3H3,(H,20,21). The van der Waals surface area contributed by atoms with Crippen LogP contribution < -0.4 is 4.74 Å². The summed E-state index contributed by atoms with van der Waals surface area (Å²) in [4.78, 5) is 36.9. The second-order valence-electron chi connectivity index (χ2n) is 5.94. The van der Waals surface area contributed by atoms with Gasteiger partial charge in [-0.1, -0.05) is 6.92 Å². The van der Waals surface area contributed by atoms with E-state index in [-0.39, 0.29) is 30.3 Å². The number of nitrogens with zero attached hydrogens (tertiary/aromatic N) is 2. The van der Waals surface area contributed by atoms with Crippen molar-refractivity contribution in [3.05, 3.63) is 27.8 Å². The molecule has 1 aliphatic rings. The summed E-state index contributed by atoms with van der Waals surface area (Å²) in [5.74, 6) is -1.71. The maximum Gasteiger partial charge on any atom is 0.306 e. The van der Waals surface area contributed by atoms with E-state index in [2.05, 4.69) is 0 Å². The molecular formula is C16H20N2O6S. The average molecular weight is 368 g/mol. The van der Waals surface area contributed by atoms with Crippen molar-refractivity contribution in [2.45, 2.75) is 18.2 Å². The summed E-state index contributed by atoms with van der Waals surface area (Å²) < 4.78 is 5.15. The van der Waals surface area contributed by atoms with Crippen LogP contribution in [-0.2, 0) is 4.79 Å². The molecule has 1 amide bonds. The molecule has 0 saturated carbocycles. The van der Waals surface area contributed by atoms with Gasteiger partial charge in [0, 0.05) is 13.1 Å². The van der Waals surface area contributed by atoms with Gasteiger partial charge in [-0.25, -0.2) is 0 Å². The third kappa shape index (κ3) is 3.87. The van der Waals surface area contributed by atoms with Crippen molar-refractivity contribution < 1.29 is 24.4 Å². The van der Waals surface area contributed by atoms with Crippen LogP contribution in [0.4, 0.5) is 5.69 Å². The first-order valence-corrected chi connectivity index (χ1v) is 8.95. The van der Waals surface area contributed by atoms with Crippen molar-refractivity contribution >= 4 is 29.3 Å². The van der Waals surface area contributed by atoms with Crippen LogP contribution in [0.3, 0.4) is 0 Å². The highest BCUT2D eigenvalue weighted by molar-refractivity contribution is 7.98. The van der Waals surface area contributed by atoms with Gasteiger partial charge in [0.15, 0.2) is 0 Å². The van der Waals surface area contributed by atoms with E-state index < -0.39 is 22.7 Å². The van der Waals surface area contributed by atoms with Crippen molar-refractivity contribution in [1.29, 1.82) is 0 Å². The van der Waals surface area contributed by atoms with Crippen molar-refractivity contribution in [1.82, 2.24) is 4.90 Å². The van der Waals surface area contributed by atoms with Gasteiger partial charge in [-0.2, -0.15) is 0 Å². The van der Waals surface area contributed by atoms with Gasteiger partial charge in [-0.05, 0) is 24.7 Å². The Morgan fingerprint density at radius 3 is 2.60 bits per heavy atom. The Morgan fingerprint density at radius 2 is 2.12 bits per heavy atom. The van der Waals surface area contributed by atoms with Gasteiger partial charge in [-0.3, -0.25) is 19.7 Å². The Labute approximate surface area is 149 Å². The SMILES string of the molecule is COc1cc([N+](=O)[O-])c(C(=O)N2CCC(C(=O)O)C(C)C2)cc1SC. The number of carboxylic acid groups (broad SMARTS) is 1. The van der Waals surface area contributed by atoms with E-state index in [1.165, 1.54) is 35.9 Å². The summed E-state index contributed by atoms with van der Waals surface area (Å²) in [6.45, 7) is 2.29. The first kappa shape index (κ1) is 19.0. The van der Waals surface area contributed by atoms with E-state index >= 15 is 0 Å². The number of thioether (sulfide) groups is 1. The van der Waals surface area contributed by atoms with E-state index in [0.717, 1.165) is 0 Å². The van der Waals surface area contributed by atoms with E-state index in [9.17, 15) is 24.8 Å². The third-order valence-corrected chi connectivity index (χ3v) is 5.20. The van der Waals surface area contributed by atoms with Gasteiger partial charge in [0.1, 0.15) is 11.3 Å². The maximum atomic E-state index is 12.8. The summed E-state index contributed by atoms with van der Waals surface area (Å²) in [7, 11) is 1.42. The van der Waals surface area contributed by atoms with Crippen LogP contribution >= 0.6 is 11.8 Å². The number of hydrogen-bond acceptors (Lipinski definition) is 6. The van der Waals surface area contributed by atoms with Crippen LogP contribution in [0.15, 0.2) is 17.0 Å². The Hall–Kier alpha value is -2.29. The predicted molar refractivity (Wildman–Crippen MR) is 92.2 cm³/mol. The number of hydrogen-bond donors (Lipinski definition) is 1. The minimum atomic E-state index is -0.875. The number of carboxylic acids is 1. The summed E-state index contributed by atoms with van der Waals surface area (Å²) in [6, 6.07) is 2.73. The molecule has 1 saturated heterocycles. The average Bonchev–Trinajstić information content (AvgIpc) is 2.59. The van der Waals surface area contributed by atoms with Crippen LogP contribution in [-0.4, -0.2) is 53.3 Å². The molecule has 0 spiro atoms. The molecule has 1 aromatic carbocycles. The number of likely N-dealkylation sites (tertiary alicyclic amines) is 1. The number of nitro benzene ring substituents is 1. The number of benzene rings is 1. The number of amides is 1.